The Kier molecular flexibility index (Phi) is 3.68. The van der Waals surface area contributed by atoms with E-state index >= 15 is 0 Å². The van der Waals surface area contributed by atoms with Crippen molar-refractivity contribution in [1.29, 1.82) is 0 Å². The number of benzene rings is 1. The molecule has 0 unspecified atom stereocenters. The van der Waals surface area contributed by atoms with Crippen LogP contribution in [0.15, 0.2) is 55.0 Å². The maximum Gasteiger partial charge on any atom is 0.317 e. The van der Waals surface area contributed by atoms with E-state index < -0.39 is 0 Å². The molecule has 2 aromatic heterocycles. The van der Waals surface area contributed by atoms with Crippen LogP contribution in [0.3, 0.4) is 0 Å². The fourth-order valence-corrected chi connectivity index (χ4v) is 1.75. The fourth-order valence-electron chi connectivity index (χ4n) is 1.75. The van der Waals surface area contributed by atoms with Gasteiger partial charge in [0.15, 0.2) is 0 Å². The topological polar surface area (TPSA) is 57.1 Å². The van der Waals surface area contributed by atoms with Crippen molar-refractivity contribution in [2.45, 2.75) is 0 Å². The molecule has 0 bridgehead atoms. The van der Waals surface area contributed by atoms with Crippen LogP contribution in [-0.4, -0.2) is 28.2 Å². The van der Waals surface area contributed by atoms with Crippen LogP contribution < -0.4 is 9.47 Å². The normalized spacial score (nSPS) is 10.4. The van der Waals surface area contributed by atoms with E-state index in [0.717, 1.165) is 16.7 Å². The van der Waals surface area contributed by atoms with Crippen LogP contribution in [0.5, 0.6) is 11.8 Å². The zero-order valence-corrected chi connectivity index (χ0v) is 10.8. The molecular weight excluding hydrogens is 254 g/mol. The van der Waals surface area contributed by atoms with Crippen LogP contribution in [0.1, 0.15) is 0 Å². The van der Waals surface area contributed by atoms with E-state index in [4.69, 9.17) is 9.47 Å². The van der Waals surface area contributed by atoms with Gasteiger partial charge in [0.1, 0.15) is 19.0 Å². The maximum atomic E-state index is 5.49. The number of ether oxygens (including phenoxy) is 2. The van der Waals surface area contributed by atoms with E-state index in [1.807, 2.05) is 24.3 Å². The molecule has 0 radical (unpaired) electrons. The lowest BCUT2D eigenvalue weighted by atomic mass is 10.2. The molecule has 0 amide bonds. The first-order valence-corrected chi connectivity index (χ1v) is 6.29. The first-order valence-electron chi connectivity index (χ1n) is 6.29. The average Bonchev–Trinajstić information content (AvgIpc) is 2.52. The van der Waals surface area contributed by atoms with Crippen molar-refractivity contribution in [2.24, 2.45) is 0 Å². The van der Waals surface area contributed by atoms with Gasteiger partial charge in [-0.05, 0) is 18.2 Å². The molecular formula is C15H13N3O2. The molecule has 0 saturated carbocycles. The van der Waals surface area contributed by atoms with Crippen LogP contribution in [0.25, 0.3) is 10.9 Å². The van der Waals surface area contributed by atoms with Crippen molar-refractivity contribution in [3.63, 3.8) is 0 Å². The largest absolute Gasteiger partial charge is 0.490 e. The van der Waals surface area contributed by atoms with E-state index in [-0.39, 0.29) is 0 Å². The quantitative estimate of drug-likeness (QED) is 0.665. The molecule has 3 rings (SSSR count). The second-order valence-electron chi connectivity index (χ2n) is 4.09. The van der Waals surface area contributed by atoms with Crippen molar-refractivity contribution in [3.05, 3.63) is 55.0 Å². The average molecular weight is 267 g/mol. The summed E-state index contributed by atoms with van der Waals surface area (Å²) in [7, 11) is 0. The summed E-state index contributed by atoms with van der Waals surface area (Å²) in [4.78, 5) is 12.4. The zero-order chi connectivity index (χ0) is 13.6. The Balaban J connectivity index is 1.55. The molecule has 0 spiro atoms. The van der Waals surface area contributed by atoms with E-state index in [1.165, 1.54) is 0 Å². The SMILES string of the molecule is c1ccc2nc(OCCOc3ccncc3)ncc2c1. The van der Waals surface area contributed by atoms with Crippen molar-refractivity contribution >= 4 is 10.9 Å². The van der Waals surface area contributed by atoms with Crippen molar-refractivity contribution < 1.29 is 9.47 Å². The monoisotopic (exact) mass is 267 g/mol. The Morgan fingerprint density at radius 3 is 2.60 bits per heavy atom. The molecule has 0 saturated heterocycles. The number of fused-ring (bicyclic) bond motifs is 1. The number of hydrogen-bond donors (Lipinski definition) is 0. The summed E-state index contributed by atoms with van der Waals surface area (Å²) in [6, 6.07) is 11.7. The molecule has 1 aromatic carbocycles. The highest BCUT2D eigenvalue weighted by molar-refractivity contribution is 5.77. The van der Waals surface area contributed by atoms with E-state index in [9.17, 15) is 0 Å². The molecule has 0 aliphatic heterocycles. The number of rotatable bonds is 5. The molecule has 100 valence electrons. The van der Waals surface area contributed by atoms with E-state index in [1.54, 1.807) is 30.7 Å². The lowest BCUT2D eigenvalue weighted by Crippen LogP contribution is -2.10. The third-order valence-corrected chi connectivity index (χ3v) is 2.70. The fraction of sp³-hybridized carbons (Fsp3) is 0.133. The van der Waals surface area contributed by atoms with Gasteiger partial charge in [0.25, 0.3) is 0 Å². The third kappa shape index (κ3) is 3.00. The number of hydrogen-bond acceptors (Lipinski definition) is 5. The first kappa shape index (κ1) is 12.3. The number of aromatic nitrogens is 3. The smallest absolute Gasteiger partial charge is 0.317 e. The van der Waals surface area contributed by atoms with Gasteiger partial charge in [-0.15, -0.1) is 0 Å². The second-order valence-corrected chi connectivity index (χ2v) is 4.09. The molecule has 20 heavy (non-hydrogen) atoms. The molecule has 0 atom stereocenters. The van der Waals surface area contributed by atoms with Gasteiger partial charge in [-0.2, -0.15) is 4.98 Å². The molecule has 3 aromatic rings. The minimum Gasteiger partial charge on any atom is -0.490 e. The predicted molar refractivity (Wildman–Crippen MR) is 74.8 cm³/mol. The highest BCUT2D eigenvalue weighted by Crippen LogP contribution is 2.13. The summed E-state index contributed by atoms with van der Waals surface area (Å²) in [5, 5.41) is 0.993. The Labute approximate surface area is 116 Å². The lowest BCUT2D eigenvalue weighted by molar-refractivity contribution is 0.206. The van der Waals surface area contributed by atoms with Crippen LogP contribution in [0, 0.1) is 0 Å². The van der Waals surface area contributed by atoms with Gasteiger partial charge in [-0.1, -0.05) is 18.2 Å². The molecule has 0 fully saturated rings. The molecule has 2 heterocycles. The van der Waals surface area contributed by atoms with Gasteiger partial charge in [0.2, 0.25) is 0 Å². The summed E-state index contributed by atoms with van der Waals surface area (Å²) in [6.07, 6.45) is 5.12. The highest BCUT2D eigenvalue weighted by Gasteiger charge is 2.00. The summed E-state index contributed by atoms with van der Waals surface area (Å²) < 4.78 is 11.0. The minimum absolute atomic E-state index is 0.363. The Hall–Kier alpha value is -2.69. The summed E-state index contributed by atoms with van der Waals surface area (Å²) >= 11 is 0. The van der Waals surface area contributed by atoms with Crippen molar-refractivity contribution in [2.75, 3.05) is 13.2 Å². The van der Waals surface area contributed by atoms with Gasteiger partial charge in [-0.25, -0.2) is 4.98 Å². The van der Waals surface area contributed by atoms with Crippen LogP contribution in [-0.2, 0) is 0 Å². The van der Waals surface area contributed by atoms with Crippen LogP contribution >= 0.6 is 0 Å². The molecule has 5 nitrogen and oxygen atoms in total. The standard InChI is InChI=1S/C15H13N3O2/c1-2-4-14-12(3-1)11-17-15(18-14)20-10-9-19-13-5-7-16-8-6-13/h1-8,11H,9-10H2. The summed E-state index contributed by atoms with van der Waals surface area (Å²) in [6.45, 7) is 0.820. The minimum atomic E-state index is 0.363. The molecule has 0 aliphatic carbocycles. The Morgan fingerprint density at radius 1 is 0.900 bits per heavy atom. The number of para-hydroxylation sites is 1. The van der Waals surface area contributed by atoms with Gasteiger partial charge in [-0.3, -0.25) is 4.98 Å². The molecule has 5 heteroatoms. The summed E-state index contributed by atoms with van der Waals surface area (Å²) in [5.41, 5.74) is 0.868. The zero-order valence-electron chi connectivity index (χ0n) is 10.8. The summed E-state index contributed by atoms with van der Waals surface area (Å²) in [5.74, 6) is 0.767. The Morgan fingerprint density at radius 2 is 1.70 bits per heavy atom. The maximum absolute atomic E-state index is 5.49. The van der Waals surface area contributed by atoms with Crippen molar-refractivity contribution in [3.8, 4) is 11.8 Å². The van der Waals surface area contributed by atoms with Gasteiger partial charge in [0, 0.05) is 24.0 Å². The van der Waals surface area contributed by atoms with Crippen LogP contribution in [0.4, 0.5) is 0 Å². The van der Waals surface area contributed by atoms with E-state index in [2.05, 4.69) is 15.0 Å². The van der Waals surface area contributed by atoms with Gasteiger partial charge in [0.05, 0.1) is 5.52 Å². The van der Waals surface area contributed by atoms with Crippen LogP contribution in [0.2, 0.25) is 0 Å². The third-order valence-electron chi connectivity index (χ3n) is 2.70. The van der Waals surface area contributed by atoms with Gasteiger partial charge < -0.3 is 9.47 Å². The Bertz CT molecular complexity index is 689. The van der Waals surface area contributed by atoms with Crippen molar-refractivity contribution in [1.82, 2.24) is 15.0 Å². The highest BCUT2D eigenvalue weighted by atomic mass is 16.5. The first-order chi connectivity index (χ1) is 9.92. The molecule has 0 aliphatic rings. The second kappa shape index (κ2) is 5.97. The molecule has 0 N–H and O–H groups in total. The number of pyridine rings is 1. The predicted octanol–water partition coefficient (Wildman–Crippen LogP) is 2.48. The van der Waals surface area contributed by atoms with Gasteiger partial charge >= 0.3 is 6.01 Å². The lowest BCUT2D eigenvalue weighted by Gasteiger charge is -2.07. The van der Waals surface area contributed by atoms with E-state index in [0.29, 0.717) is 19.2 Å². The number of nitrogens with zero attached hydrogens (tertiary/aromatic N) is 3.